The molecule has 0 aliphatic rings. The molecular weight excluding hydrogens is 270 g/mol. The van der Waals surface area contributed by atoms with Crippen molar-refractivity contribution in [1.29, 1.82) is 5.26 Å². The molecule has 7 heteroatoms. The Morgan fingerprint density at radius 2 is 2.31 bits per heavy atom. The molecule has 1 aromatic heterocycles. The first-order valence-electron chi connectivity index (χ1n) is 4.66. The van der Waals surface area contributed by atoms with Gasteiger partial charge < -0.3 is 0 Å². The predicted molar refractivity (Wildman–Crippen MR) is 64.3 cm³/mol. The normalized spacial score (nSPS) is 10.7. The fourth-order valence-corrected chi connectivity index (χ4v) is 3.74. The van der Waals surface area contributed by atoms with E-state index in [1.807, 2.05) is 6.07 Å². The fourth-order valence-electron chi connectivity index (χ4n) is 0.928. The van der Waals surface area contributed by atoms with Crippen molar-refractivity contribution in [2.75, 3.05) is 5.75 Å². The van der Waals surface area contributed by atoms with E-state index in [1.54, 1.807) is 0 Å². The smallest absolute Gasteiger partial charge is 0.198 e. The van der Waals surface area contributed by atoms with Crippen LogP contribution < -0.4 is 0 Å². The molecule has 0 N–H and O–H groups in total. The highest BCUT2D eigenvalue weighted by molar-refractivity contribution is 8.01. The van der Waals surface area contributed by atoms with Gasteiger partial charge in [-0.15, -0.1) is 11.8 Å². The van der Waals surface area contributed by atoms with E-state index in [0.29, 0.717) is 17.3 Å². The highest BCUT2D eigenvalue weighted by Crippen LogP contribution is 2.36. The first-order valence-corrected chi connectivity index (χ1v) is 7.30. The SMILES string of the molecule is CCCCSc1snc(SC(F)F)c1C#N. The zero-order valence-corrected chi connectivity index (χ0v) is 11.0. The van der Waals surface area contributed by atoms with E-state index in [1.165, 1.54) is 11.8 Å². The first kappa shape index (κ1) is 13.7. The van der Waals surface area contributed by atoms with Crippen LogP contribution in [-0.4, -0.2) is 15.9 Å². The van der Waals surface area contributed by atoms with E-state index < -0.39 is 5.76 Å². The molecule has 16 heavy (non-hydrogen) atoms. The first-order chi connectivity index (χ1) is 7.69. The van der Waals surface area contributed by atoms with Crippen LogP contribution in [0.25, 0.3) is 0 Å². The third-order valence-corrected chi connectivity index (χ3v) is 4.67. The van der Waals surface area contributed by atoms with Crippen LogP contribution in [0.15, 0.2) is 9.24 Å². The zero-order chi connectivity index (χ0) is 12.0. The Labute approximate surface area is 106 Å². The van der Waals surface area contributed by atoms with E-state index in [2.05, 4.69) is 11.3 Å². The number of thioether (sulfide) groups is 2. The van der Waals surface area contributed by atoms with Crippen LogP contribution in [0.5, 0.6) is 0 Å². The second-order valence-electron chi connectivity index (χ2n) is 2.84. The summed E-state index contributed by atoms with van der Waals surface area (Å²) >= 11 is 2.99. The van der Waals surface area contributed by atoms with Gasteiger partial charge in [0.05, 0.1) is 4.21 Å². The lowest BCUT2D eigenvalue weighted by Gasteiger charge is -1.97. The summed E-state index contributed by atoms with van der Waals surface area (Å²) in [6.07, 6.45) is 2.12. The van der Waals surface area contributed by atoms with Crippen LogP contribution in [0.4, 0.5) is 8.78 Å². The van der Waals surface area contributed by atoms with Gasteiger partial charge in [0, 0.05) is 0 Å². The Hall–Kier alpha value is -0.320. The molecule has 0 atom stereocenters. The van der Waals surface area contributed by atoms with E-state index >= 15 is 0 Å². The van der Waals surface area contributed by atoms with E-state index in [-0.39, 0.29) is 5.03 Å². The van der Waals surface area contributed by atoms with Crippen molar-refractivity contribution in [3.8, 4) is 6.07 Å². The number of rotatable bonds is 6. The molecule has 0 spiro atoms. The van der Waals surface area contributed by atoms with Crippen molar-refractivity contribution in [3.63, 3.8) is 0 Å². The molecule has 0 aliphatic carbocycles. The number of nitriles is 1. The van der Waals surface area contributed by atoms with Gasteiger partial charge >= 0.3 is 0 Å². The number of nitrogens with zero attached hydrogens (tertiary/aromatic N) is 2. The highest BCUT2D eigenvalue weighted by Gasteiger charge is 2.17. The largest absolute Gasteiger partial charge is 0.290 e. The standard InChI is InChI=1S/C9H10F2N2S3/c1-2-3-4-14-8-6(5-12)7(13-16-8)15-9(10)11/h9H,2-4H2,1H3. The maximum Gasteiger partial charge on any atom is 0.290 e. The second-order valence-corrected chi connectivity index (χ2v) is 5.96. The number of hydrogen-bond donors (Lipinski definition) is 0. The molecule has 0 unspecified atom stereocenters. The number of alkyl halides is 2. The van der Waals surface area contributed by atoms with Gasteiger partial charge in [0.25, 0.3) is 5.76 Å². The minimum absolute atomic E-state index is 0.154. The maximum absolute atomic E-state index is 12.2. The Morgan fingerprint density at radius 1 is 1.56 bits per heavy atom. The number of unbranched alkanes of at least 4 members (excludes halogenated alkanes) is 1. The lowest BCUT2D eigenvalue weighted by Crippen LogP contribution is -1.85. The summed E-state index contributed by atoms with van der Waals surface area (Å²) in [7, 11) is 0. The number of hydrogen-bond acceptors (Lipinski definition) is 5. The van der Waals surface area contributed by atoms with E-state index in [4.69, 9.17) is 5.26 Å². The van der Waals surface area contributed by atoms with Crippen molar-refractivity contribution in [3.05, 3.63) is 5.56 Å². The lowest BCUT2D eigenvalue weighted by molar-refractivity contribution is 0.252. The summed E-state index contributed by atoms with van der Waals surface area (Å²) in [5.41, 5.74) is 0.302. The predicted octanol–water partition coefficient (Wildman–Crippen LogP) is 4.22. The van der Waals surface area contributed by atoms with Gasteiger partial charge in [-0.1, -0.05) is 13.3 Å². The molecule has 0 saturated carbocycles. The third kappa shape index (κ3) is 3.92. The molecule has 88 valence electrons. The van der Waals surface area contributed by atoms with Gasteiger partial charge in [0.2, 0.25) is 0 Å². The molecule has 1 aromatic rings. The molecular formula is C9H10F2N2S3. The average molecular weight is 280 g/mol. The molecule has 0 radical (unpaired) electrons. The Balaban J connectivity index is 2.71. The quantitative estimate of drug-likeness (QED) is 0.577. The van der Waals surface area contributed by atoms with Crippen molar-refractivity contribution in [2.24, 2.45) is 0 Å². The summed E-state index contributed by atoms with van der Waals surface area (Å²) in [5.74, 6) is -1.63. The summed E-state index contributed by atoms with van der Waals surface area (Å²) in [6, 6.07) is 1.95. The average Bonchev–Trinajstić information content (AvgIpc) is 2.60. The summed E-state index contributed by atoms with van der Waals surface area (Å²) in [4.78, 5) is 0. The molecule has 0 fully saturated rings. The summed E-state index contributed by atoms with van der Waals surface area (Å²) in [6.45, 7) is 2.08. The fraction of sp³-hybridized carbons (Fsp3) is 0.556. The Kier molecular flexibility index (Phi) is 6.09. The molecule has 1 rings (SSSR count). The van der Waals surface area contributed by atoms with Crippen LogP contribution >= 0.6 is 35.1 Å². The van der Waals surface area contributed by atoms with E-state index in [9.17, 15) is 8.78 Å². The van der Waals surface area contributed by atoms with Gasteiger partial charge in [-0.2, -0.15) is 18.4 Å². The molecule has 0 aromatic carbocycles. The van der Waals surface area contributed by atoms with E-state index in [0.717, 1.165) is 34.3 Å². The number of halogens is 2. The molecule has 1 heterocycles. The summed E-state index contributed by atoms with van der Waals surface area (Å²) < 4.78 is 29.0. The van der Waals surface area contributed by atoms with Gasteiger partial charge in [-0.25, -0.2) is 0 Å². The molecule has 0 saturated heterocycles. The van der Waals surface area contributed by atoms with Crippen molar-refractivity contribution >= 4 is 35.1 Å². The molecule has 0 amide bonds. The van der Waals surface area contributed by atoms with Crippen LogP contribution in [0, 0.1) is 11.3 Å². The molecule has 0 bridgehead atoms. The minimum Gasteiger partial charge on any atom is -0.198 e. The van der Waals surface area contributed by atoms with Crippen LogP contribution in [-0.2, 0) is 0 Å². The van der Waals surface area contributed by atoms with Crippen molar-refractivity contribution in [2.45, 2.75) is 34.8 Å². The van der Waals surface area contributed by atoms with Gasteiger partial charge in [0.1, 0.15) is 16.7 Å². The van der Waals surface area contributed by atoms with Gasteiger partial charge in [-0.3, -0.25) is 0 Å². The van der Waals surface area contributed by atoms with Crippen molar-refractivity contribution < 1.29 is 8.78 Å². The highest BCUT2D eigenvalue weighted by atomic mass is 32.2. The number of aromatic nitrogens is 1. The van der Waals surface area contributed by atoms with Crippen LogP contribution in [0.2, 0.25) is 0 Å². The monoisotopic (exact) mass is 280 g/mol. The second kappa shape index (κ2) is 7.09. The molecule has 2 nitrogen and oxygen atoms in total. The van der Waals surface area contributed by atoms with Gasteiger partial charge in [0.15, 0.2) is 0 Å². The van der Waals surface area contributed by atoms with Gasteiger partial charge in [-0.05, 0) is 35.5 Å². The van der Waals surface area contributed by atoms with Crippen LogP contribution in [0.3, 0.4) is 0 Å². The zero-order valence-electron chi connectivity index (χ0n) is 8.57. The van der Waals surface area contributed by atoms with Crippen LogP contribution in [0.1, 0.15) is 25.3 Å². The van der Waals surface area contributed by atoms with Crippen molar-refractivity contribution in [1.82, 2.24) is 4.37 Å². The minimum atomic E-state index is -2.53. The Morgan fingerprint density at radius 3 is 2.88 bits per heavy atom. The lowest BCUT2D eigenvalue weighted by atomic mass is 10.4. The molecule has 0 aliphatic heterocycles. The maximum atomic E-state index is 12.2. The Bertz CT molecular complexity index is 373. The topological polar surface area (TPSA) is 36.7 Å². The summed E-state index contributed by atoms with van der Waals surface area (Å²) in [5, 5.41) is 9.06. The third-order valence-electron chi connectivity index (χ3n) is 1.67.